The first-order chi connectivity index (χ1) is 14.5. The average Bonchev–Trinajstić information content (AvgIpc) is 3.24. The van der Waals surface area contributed by atoms with Crippen molar-refractivity contribution in [2.75, 3.05) is 0 Å². The highest BCUT2D eigenvalue weighted by molar-refractivity contribution is 9.10. The predicted octanol–water partition coefficient (Wildman–Crippen LogP) is 4.07. The Kier molecular flexibility index (Phi) is 12.4. The number of hydrogen-bond acceptors (Lipinski definition) is 4. The van der Waals surface area contributed by atoms with Gasteiger partial charge in [0, 0.05) is 14.5 Å². The summed E-state index contributed by atoms with van der Waals surface area (Å²) in [6, 6.07) is 22.7. The van der Waals surface area contributed by atoms with Gasteiger partial charge in [-0.25, -0.2) is 0 Å². The van der Waals surface area contributed by atoms with Crippen LogP contribution in [-0.2, 0) is 0 Å². The van der Waals surface area contributed by atoms with Gasteiger partial charge in [0.1, 0.15) is 11.5 Å². The highest BCUT2D eigenvalue weighted by atomic mass is 79.9. The zero-order chi connectivity index (χ0) is 21.8. The molecule has 1 heterocycles. The van der Waals surface area contributed by atoms with Crippen molar-refractivity contribution in [3.8, 4) is 23.8 Å². The number of rotatable bonds is 2. The van der Waals surface area contributed by atoms with E-state index in [9.17, 15) is 0 Å². The van der Waals surface area contributed by atoms with Crippen molar-refractivity contribution in [1.82, 2.24) is 0 Å². The molecule has 5 nitrogen and oxygen atoms in total. The van der Waals surface area contributed by atoms with Crippen molar-refractivity contribution in [2.45, 2.75) is 0 Å². The molecule has 31 heavy (non-hydrogen) atoms. The molecule has 0 bridgehead atoms. The fourth-order valence-electron chi connectivity index (χ4n) is 2.09. The topological polar surface area (TPSA) is 90.4 Å². The van der Waals surface area contributed by atoms with Crippen LogP contribution in [-0.4, -0.2) is 30.3 Å². The summed E-state index contributed by atoms with van der Waals surface area (Å²) in [7, 11) is -0.0568. The lowest BCUT2D eigenvalue weighted by Gasteiger charge is -1.93. The zero-order valence-corrected chi connectivity index (χ0v) is 19.5. The number of terminal acetylenes is 1. The fourth-order valence-corrected chi connectivity index (χ4v) is 2.62. The maximum Gasteiger partial charge on any atom is 0.658 e. The smallest absolute Gasteiger partial charge is 0.524 e. The van der Waals surface area contributed by atoms with E-state index in [4.69, 9.17) is 25.8 Å². The van der Waals surface area contributed by atoms with Gasteiger partial charge in [-0.05, 0) is 54.1 Å². The number of halogens is 2. The second-order valence-corrected chi connectivity index (χ2v) is 7.59. The second kappa shape index (κ2) is 14.5. The Morgan fingerprint density at radius 3 is 1.77 bits per heavy atom. The zero-order valence-electron chi connectivity index (χ0n) is 16.3. The molecule has 4 rings (SSSR count). The van der Waals surface area contributed by atoms with Crippen molar-refractivity contribution in [3.05, 3.63) is 98.8 Å². The molecule has 1 aliphatic heterocycles. The highest BCUT2D eigenvalue weighted by Crippen LogP contribution is 2.29. The van der Waals surface area contributed by atoms with Crippen LogP contribution in [0.3, 0.4) is 0 Å². The molecule has 3 aromatic rings. The van der Waals surface area contributed by atoms with E-state index < -0.39 is 7.12 Å². The number of para-hydroxylation sites is 2. The third kappa shape index (κ3) is 10.4. The Labute approximate surface area is 199 Å². The van der Waals surface area contributed by atoms with Crippen molar-refractivity contribution in [3.63, 3.8) is 0 Å². The molecule has 1 aliphatic rings. The summed E-state index contributed by atoms with van der Waals surface area (Å²) in [6.45, 7) is 0. The lowest BCUT2D eigenvalue weighted by atomic mass is 9.91. The lowest BCUT2D eigenvalue weighted by molar-refractivity contribution is 0.424. The number of fused-ring (bicyclic) bond motifs is 1. The van der Waals surface area contributed by atoms with E-state index in [0.29, 0.717) is 0 Å². The normalized spacial score (nSPS) is 10.3. The van der Waals surface area contributed by atoms with Gasteiger partial charge in [0.25, 0.3) is 0 Å². The minimum absolute atomic E-state index is 0. The number of benzene rings is 3. The first kappa shape index (κ1) is 26.6. The summed E-state index contributed by atoms with van der Waals surface area (Å²) >= 11 is 6.61. The van der Waals surface area contributed by atoms with Crippen LogP contribution in [0.15, 0.2) is 87.7 Å². The SMILES string of the molecule is C#Cc1ccc(Br)cc1.O.OB(O)/C=C/c1ccc(Br)cc1.[B]1Oc2ccccc2O1. The molecule has 0 atom stereocenters. The van der Waals surface area contributed by atoms with E-state index in [-0.39, 0.29) is 5.48 Å². The molecule has 1 radical (unpaired) electrons. The first-order valence-electron chi connectivity index (χ1n) is 8.74. The van der Waals surface area contributed by atoms with E-state index in [1.54, 1.807) is 6.08 Å². The van der Waals surface area contributed by atoms with Crippen molar-refractivity contribution in [2.24, 2.45) is 0 Å². The quantitative estimate of drug-likeness (QED) is 0.376. The highest BCUT2D eigenvalue weighted by Gasteiger charge is 2.14. The van der Waals surface area contributed by atoms with Crippen LogP contribution < -0.4 is 9.31 Å². The Bertz CT molecular complexity index is 965. The summed E-state index contributed by atoms with van der Waals surface area (Å²) < 4.78 is 12.0. The van der Waals surface area contributed by atoms with E-state index in [1.807, 2.05) is 72.8 Å². The predicted molar refractivity (Wildman–Crippen MR) is 133 cm³/mol. The van der Waals surface area contributed by atoms with Crippen LogP contribution in [0, 0.1) is 12.3 Å². The van der Waals surface area contributed by atoms with Gasteiger partial charge < -0.3 is 24.8 Å². The van der Waals surface area contributed by atoms with Crippen LogP contribution in [0.1, 0.15) is 11.1 Å². The summed E-state index contributed by atoms with van der Waals surface area (Å²) in [5.41, 5.74) is 1.85. The van der Waals surface area contributed by atoms with Gasteiger partial charge in [0.15, 0.2) is 0 Å². The summed E-state index contributed by atoms with van der Waals surface area (Å²) in [5.74, 6) is 5.42. The molecule has 0 saturated carbocycles. The van der Waals surface area contributed by atoms with Gasteiger partial charge in [-0.1, -0.05) is 74.1 Å². The third-order valence-electron chi connectivity index (χ3n) is 3.54. The molecule has 0 aliphatic carbocycles. The minimum atomic E-state index is -1.38. The lowest BCUT2D eigenvalue weighted by Crippen LogP contribution is -2.05. The molecule has 4 N–H and O–H groups in total. The molecular formula is C22H19B2Br2O5. The van der Waals surface area contributed by atoms with Crippen LogP contribution in [0.2, 0.25) is 0 Å². The summed E-state index contributed by atoms with van der Waals surface area (Å²) in [5, 5.41) is 17.1. The van der Waals surface area contributed by atoms with Gasteiger partial charge in [-0.15, -0.1) is 6.42 Å². The van der Waals surface area contributed by atoms with E-state index >= 15 is 0 Å². The van der Waals surface area contributed by atoms with Gasteiger partial charge >= 0.3 is 14.8 Å². The van der Waals surface area contributed by atoms with Gasteiger partial charge in [0.2, 0.25) is 0 Å². The molecule has 0 saturated heterocycles. The van der Waals surface area contributed by atoms with E-state index in [2.05, 4.69) is 37.8 Å². The van der Waals surface area contributed by atoms with Crippen LogP contribution in [0.25, 0.3) is 6.08 Å². The molecule has 0 fully saturated rings. The molecular weight excluding hydrogens is 526 g/mol. The average molecular weight is 545 g/mol. The third-order valence-corrected chi connectivity index (χ3v) is 4.60. The summed E-state index contributed by atoms with van der Waals surface area (Å²) in [6.07, 6.45) is 6.78. The monoisotopic (exact) mass is 543 g/mol. The molecule has 3 aromatic carbocycles. The number of hydrogen-bond donors (Lipinski definition) is 2. The minimum Gasteiger partial charge on any atom is -0.524 e. The van der Waals surface area contributed by atoms with E-state index in [1.165, 1.54) is 13.7 Å². The van der Waals surface area contributed by atoms with Crippen LogP contribution in [0.4, 0.5) is 0 Å². The van der Waals surface area contributed by atoms with Crippen LogP contribution >= 0.6 is 31.9 Å². The standard InChI is InChI=1S/C8H8BBrO2.C8H5Br.C6H4BO2.H2O/c10-8-3-1-7(2-4-8)5-6-9(11)12;1-2-7-3-5-8(9)6-4-7;1-2-4-6-5(3-1)8-7-9-6;/h1-6,11-12H;1,3-6H;1-4H;1H2/b6-5+;;;. The first-order valence-corrected chi connectivity index (χ1v) is 10.3. The maximum absolute atomic E-state index is 8.53. The Morgan fingerprint density at radius 1 is 0.839 bits per heavy atom. The van der Waals surface area contributed by atoms with Gasteiger partial charge in [-0.3, -0.25) is 0 Å². The van der Waals surface area contributed by atoms with Gasteiger partial charge in [0.05, 0.1) is 0 Å². The Morgan fingerprint density at radius 2 is 1.32 bits per heavy atom. The molecule has 0 aromatic heterocycles. The molecule has 0 spiro atoms. The largest absolute Gasteiger partial charge is 0.658 e. The Hall–Kier alpha value is -2.47. The van der Waals surface area contributed by atoms with Crippen molar-refractivity contribution in [1.29, 1.82) is 0 Å². The second-order valence-electron chi connectivity index (χ2n) is 5.75. The summed E-state index contributed by atoms with van der Waals surface area (Å²) in [4.78, 5) is 0. The van der Waals surface area contributed by atoms with E-state index in [0.717, 1.165) is 31.6 Å². The molecule has 9 heteroatoms. The molecule has 0 unspecified atom stereocenters. The van der Waals surface area contributed by atoms with Gasteiger partial charge in [-0.2, -0.15) is 0 Å². The van der Waals surface area contributed by atoms with Crippen LogP contribution in [0.5, 0.6) is 11.5 Å². The van der Waals surface area contributed by atoms with Crippen molar-refractivity contribution < 1.29 is 24.8 Å². The maximum atomic E-state index is 8.53. The Balaban J connectivity index is 0.000000232. The fraction of sp³-hybridized carbons (Fsp3) is 0. The molecule has 157 valence electrons. The molecule has 0 amide bonds. The van der Waals surface area contributed by atoms with Crippen molar-refractivity contribution >= 4 is 52.7 Å².